The van der Waals surface area contributed by atoms with Crippen LogP contribution < -0.4 is 11.1 Å². The Balaban J connectivity index is 1.62. The highest BCUT2D eigenvalue weighted by Gasteiger charge is 2.16. The van der Waals surface area contributed by atoms with Gasteiger partial charge in [-0.1, -0.05) is 23.4 Å². The maximum absolute atomic E-state index is 12.0. The summed E-state index contributed by atoms with van der Waals surface area (Å²) in [5.41, 5.74) is 8.72. The molecule has 0 spiro atoms. The van der Waals surface area contributed by atoms with Gasteiger partial charge < -0.3 is 20.6 Å². The van der Waals surface area contributed by atoms with Gasteiger partial charge in [-0.3, -0.25) is 4.79 Å². The summed E-state index contributed by atoms with van der Waals surface area (Å²) in [6.07, 6.45) is 3.84. The average molecular weight is 284 g/mol. The zero-order valence-corrected chi connectivity index (χ0v) is 11.4. The minimum absolute atomic E-state index is 0.205. The smallest absolute Gasteiger partial charge is 0.237 e. The van der Waals surface area contributed by atoms with E-state index in [9.17, 15) is 4.79 Å². The molecule has 6 nitrogen and oxygen atoms in total. The van der Waals surface area contributed by atoms with E-state index in [2.05, 4.69) is 15.5 Å². The molecule has 0 bridgehead atoms. The summed E-state index contributed by atoms with van der Waals surface area (Å²) in [6, 6.07) is 9.04. The number of aromatic amines is 1. The SMILES string of the molecule is NC(Cc1c[nH]c2ccccc12)C(=O)NCc1ccon1. The molecule has 21 heavy (non-hydrogen) atoms. The Kier molecular flexibility index (Phi) is 3.70. The van der Waals surface area contributed by atoms with Crippen LogP contribution in [0.3, 0.4) is 0 Å². The number of rotatable bonds is 5. The Morgan fingerprint density at radius 1 is 1.38 bits per heavy atom. The van der Waals surface area contributed by atoms with Crippen molar-refractivity contribution in [3.63, 3.8) is 0 Å². The number of amides is 1. The maximum atomic E-state index is 12.0. The zero-order valence-electron chi connectivity index (χ0n) is 11.4. The van der Waals surface area contributed by atoms with Gasteiger partial charge in [-0.15, -0.1) is 0 Å². The molecule has 0 saturated carbocycles. The molecular weight excluding hydrogens is 268 g/mol. The van der Waals surface area contributed by atoms with Crippen molar-refractivity contribution in [1.82, 2.24) is 15.5 Å². The monoisotopic (exact) mass is 284 g/mol. The van der Waals surface area contributed by atoms with E-state index < -0.39 is 6.04 Å². The second-order valence-electron chi connectivity index (χ2n) is 4.88. The number of fused-ring (bicyclic) bond motifs is 1. The zero-order chi connectivity index (χ0) is 14.7. The molecule has 0 aliphatic heterocycles. The molecule has 0 fully saturated rings. The molecule has 0 saturated heterocycles. The fourth-order valence-electron chi connectivity index (χ4n) is 2.27. The van der Waals surface area contributed by atoms with Crippen LogP contribution in [0.15, 0.2) is 47.3 Å². The lowest BCUT2D eigenvalue weighted by atomic mass is 10.1. The number of nitrogens with one attached hydrogen (secondary N) is 2. The second kappa shape index (κ2) is 5.80. The van der Waals surface area contributed by atoms with Gasteiger partial charge in [-0.25, -0.2) is 0 Å². The van der Waals surface area contributed by atoms with Gasteiger partial charge in [0.1, 0.15) is 12.0 Å². The van der Waals surface area contributed by atoms with Crippen molar-refractivity contribution >= 4 is 16.8 Å². The van der Waals surface area contributed by atoms with Gasteiger partial charge in [0.2, 0.25) is 5.91 Å². The number of nitrogens with zero attached hydrogens (tertiary/aromatic N) is 1. The number of nitrogens with two attached hydrogens (primary N) is 1. The molecule has 0 radical (unpaired) electrons. The highest BCUT2D eigenvalue weighted by molar-refractivity contribution is 5.86. The van der Waals surface area contributed by atoms with E-state index >= 15 is 0 Å². The molecule has 4 N–H and O–H groups in total. The summed E-state index contributed by atoms with van der Waals surface area (Å²) in [5, 5.41) is 7.57. The fourth-order valence-corrected chi connectivity index (χ4v) is 2.27. The number of H-pyrrole nitrogens is 1. The number of carbonyl (C=O) groups excluding carboxylic acids is 1. The normalized spacial score (nSPS) is 12.4. The summed E-state index contributed by atoms with van der Waals surface area (Å²) in [5.74, 6) is -0.205. The molecule has 1 amide bonds. The third kappa shape index (κ3) is 2.95. The number of aromatic nitrogens is 2. The Morgan fingerprint density at radius 3 is 3.05 bits per heavy atom. The Morgan fingerprint density at radius 2 is 2.24 bits per heavy atom. The van der Waals surface area contributed by atoms with E-state index in [0.29, 0.717) is 18.7 Å². The lowest BCUT2D eigenvalue weighted by molar-refractivity contribution is -0.122. The van der Waals surface area contributed by atoms with E-state index in [-0.39, 0.29) is 5.91 Å². The standard InChI is InChI=1S/C15H16N4O2/c16-13(15(20)18-9-11-5-6-21-19-11)7-10-8-17-14-4-2-1-3-12(10)14/h1-6,8,13,17H,7,9,16H2,(H,18,20). The number of hydrogen-bond donors (Lipinski definition) is 3. The van der Waals surface area contributed by atoms with Gasteiger partial charge in [-0.05, 0) is 18.1 Å². The summed E-state index contributed by atoms with van der Waals surface area (Å²) >= 11 is 0. The molecule has 1 unspecified atom stereocenters. The quantitative estimate of drug-likeness (QED) is 0.658. The van der Waals surface area contributed by atoms with E-state index in [0.717, 1.165) is 16.5 Å². The van der Waals surface area contributed by atoms with Crippen LogP contribution in [-0.2, 0) is 17.8 Å². The Labute approximate surface area is 121 Å². The van der Waals surface area contributed by atoms with Crippen LogP contribution in [0.2, 0.25) is 0 Å². The van der Waals surface area contributed by atoms with E-state index in [1.54, 1.807) is 6.07 Å². The van der Waals surface area contributed by atoms with Crippen LogP contribution in [0.5, 0.6) is 0 Å². The molecule has 2 heterocycles. The van der Waals surface area contributed by atoms with Gasteiger partial charge in [0.05, 0.1) is 12.6 Å². The van der Waals surface area contributed by atoms with Gasteiger partial charge in [0.15, 0.2) is 0 Å². The van der Waals surface area contributed by atoms with E-state index in [1.807, 2.05) is 30.5 Å². The molecule has 2 aromatic heterocycles. The first-order valence-corrected chi connectivity index (χ1v) is 6.71. The number of benzene rings is 1. The summed E-state index contributed by atoms with van der Waals surface area (Å²) < 4.78 is 4.70. The first kappa shape index (κ1) is 13.4. The Bertz CT molecular complexity index is 733. The number of hydrogen-bond acceptors (Lipinski definition) is 4. The van der Waals surface area contributed by atoms with Gasteiger partial charge in [-0.2, -0.15) is 0 Å². The van der Waals surface area contributed by atoms with Crippen molar-refractivity contribution in [2.45, 2.75) is 19.0 Å². The van der Waals surface area contributed by atoms with Gasteiger partial charge in [0, 0.05) is 23.2 Å². The molecule has 3 rings (SSSR count). The highest BCUT2D eigenvalue weighted by atomic mass is 16.5. The summed E-state index contributed by atoms with van der Waals surface area (Å²) in [4.78, 5) is 15.2. The minimum atomic E-state index is -0.601. The van der Waals surface area contributed by atoms with Crippen LogP contribution in [0, 0.1) is 0 Å². The lowest BCUT2D eigenvalue weighted by Crippen LogP contribution is -2.41. The van der Waals surface area contributed by atoms with Crippen molar-refractivity contribution in [3.05, 3.63) is 54.0 Å². The third-order valence-electron chi connectivity index (χ3n) is 3.39. The fraction of sp³-hybridized carbons (Fsp3) is 0.200. The van der Waals surface area contributed by atoms with Gasteiger partial charge in [0.25, 0.3) is 0 Å². The van der Waals surface area contributed by atoms with Gasteiger partial charge >= 0.3 is 0 Å². The molecule has 108 valence electrons. The molecular formula is C15H16N4O2. The molecule has 0 aliphatic carbocycles. The third-order valence-corrected chi connectivity index (χ3v) is 3.39. The van der Waals surface area contributed by atoms with Crippen molar-refractivity contribution in [3.8, 4) is 0 Å². The molecule has 3 aromatic rings. The van der Waals surface area contributed by atoms with Crippen molar-refractivity contribution < 1.29 is 9.32 Å². The minimum Gasteiger partial charge on any atom is -0.364 e. The van der Waals surface area contributed by atoms with Crippen molar-refractivity contribution in [2.75, 3.05) is 0 Å². The largest absolute Gasteiger partial charge is 0.364 e. The Hall–Kier alpha value is -2.60. The van der Waals surface area contributed by atoms with E-state index in [1.165, 1.54) is 6.26 Å². The van der Waals surface area contributed by atoms with E-state index in [4.69, 9.17) is 10.3 Å². The second-order valence-corrected chi connectivity index (χ2v) is 4.88. The lowest BCUT2D eigenvalue weighted by Gasteiger charge is -2.11. The number of carbonyl (C=O) groups is 1. The molecule has 1 aromatic carbocycles. The first-order chi connectivity index (χ1) is 10.2. The molecule has 1 atom stereocenters. The number of para-hydroxylation sites is 1. The first-order valence-electron chi connectivity index (χ1n) is 6.71. The van der Waals surface area contributed by atoms with Crippen LogP contribution in [-0.4, -0.2) is 22.1 Å². The van der Waals surface area contributed by atoms with Crippen LogP contribution in [0.4, 0.5) is 0 Å². The van der Waals surface area contributed by atoms with Crippen molar-refractivity contribution in [2.24, 2.45) is 5.73 Å². The summed E-state index contributed by atoms with van der Waals surface area (Å²) in [6.45, 7) is 0.316. The molecule has 6 heteroatoms. The maximum Gasteiger partial charge on any atom is 0.237 e. The van der Waals surface area contributed by atoms with Crippen LogP contribution >= 0.6 is 0 Å². The van der Waals surface area contributed by atoms with Crippen LogP contribution in [0.25, 0.3) is 10.9 Å². The predicted molar refractivity (Wildman–Crippen MR) is 78.3 cm³/mol. The summed E-state index contributed by atoms with van der Waals surface area (Å²) in [7, 11) is 0. The molecule has 0 aliphatic rings. The predicted octanol–water partition coefficient (Wildman–Crippen LogP) is 1.34. The average Bonchev–Trinajstić information content (AvgIpc) is 3.15. The highest BCUT2D eigenvalue weighted by Crippen LogP contribution is 2.18. The van der Waals surface area contributed by atoms with Crippen molar-refractivity contribution in [1.29, 1.82) is 0 Å². The van der Waals surface area contributed by atoms with Crippen LogP contribution in [0.1, 0.15) is 11.3 Å². The topological polar surface area (TPSA) is 96.9 Å².